The van der Waals surface area contributed by atoms with E-state index in [4.69, 9.17) is 10.5 Å². The Hall–Kier alpha value is -0.870. The second-order valence-corrected chi connectivity index (χ2v) is 4.89. The van der Waals surface area contributed by atoms with E-state index in [-0.39, 0.29) is 5.54 Å². The molecule has 2 rings (SSSR count). The van der Waals surface area contributed by atoms with Crippen molar-refractivity contribution in [3.8, 4) is 0 Å². The Morgan fingerprint density at radius 2 is 2.50 bits per heavy atom. The van der Waals surface area contributed by atoms with Gasteiger partial charge >= 0.3 is 0 Å². The van der Waals surface area contributed by atoms with E-state index >= 15 is 0 Å². The Bertz CT molecular complexity index is 342. The smallest absolute Gasteiger partial charge is 0.0650 e. The summed E-state index contributed by atoms with van der Waals surface area (Å²) >= 11 is 0. The van der Waals surface area contributed by atoms with Crippen molar-refractivity contribution in [3.63, 3.8) is 0 Å². The molecule has 2 N–H and O–H groups in total. The molecule has 90 valence electrons. The highest BCUT2D eigenvalue weighted by Gasteiger charge is 2.31. The number of nitrogens with two attached hydrogens (primary N) is 1. The molecule has 0 radical (unpaired) electrons. The fourth-order valence-corrected chi connectivity index (χ4v) is 2.03. The predicted octanol–water partition coefficient (Wildman–Crippen LogP) is 1.51. The summed E-state index contributed by atoms with van der Waals surface area (Å²) in [5.41, 5.74) is 7.11. The van der Waals surface area contributed by atoms with Gasteiger partial charge in [-0.3, -0.25) is 4.68 Å². The van der Waals surface area contributed by atoms with E-state index in [9.17, 15) is 0 Å². The molecule has 2 atom stereocenters. The summed E-state index contributed by atoms with van der Waals surface area (Å²) in [4.78, 5) is 0. The van der Waals surface area contributed by atoms with Crippen molar-refractivity contribution in [2.24, 2.45) is 5.73 Å². The molecular weight excluding hydrogens is 202 g/mol. The van der Waals surface area contributed by atoms with Gasteiger partial charge in [-0.15, -0.1) is 0 Å². The van der Waals surface area contributed by atoms with Gasteiger partial charge in [0, 0.05) is 30.8 Å². The van der Waals surface area contributed by atoms with Crippen LogP contribution in [0.15, 0.2) is 12.3 Å². The molecule has 0 spiro atoms. The van der Waals surface area contributed by atoms with Gasteiger partial charge in [0.25, 0.3) is 0 Å². The largest absolute Gasteiger partial charge is 0.379 e. The molecule has 0 amide bonds. The van der Waals surface area contributed by atoms with Gasteiger partial charge in [-0.2, -0.15) is 5.10 Å². The standard InChI is InChI=1S/C12H21N3O/c1-3-10(2)15-6-4-11(14-15)8-12(13)5-7-16-9-12/h4,6,10H,3,5,7-9,13H2,1-2H3. The molecule has 1 aliphatic heterocycles. The van der Waals surface area contributed by atoms with Crippen molar-refractivity contribution >= 4 is 0 Å². The van der Waals surface area contributed by atoms with Crippen molar-refractivity contribution in [2.45, 2.75) is 44.7 Å². The van der Waals surface area contributed by atoms with Crippen LogP contribution in [0.25, 0.3) is 0 Å². The first-order chi connectivity index (χ1) is 7.63. The zero-order chi connectivity index (χ0) is 11.6. The highest BCUT2D eigenvalue weighted by atomic mass is 16.5. The molecule has 1 saturated heterocycles. The molecule has 4 heteroatoms. The maximum Gasteiger partial charge on any atom is 0.0650 e. The maximum atomic E-state index is 6.23. The van der Waals surface area contributed by atoms with Crippen molar-refractivity contribution < 1.29 is 4.74 Å². The summed E-state index contributed by atoms with van der Waals surface area (Å²) in [7, 11) is 0. The lowest BCUT2D eigenvalue weighted by atomic mass is 9.94. The van der Waals surface area contributed by atoms with E-state index < -0.39 is 0 Å². The Morgan fingerprint density at radius 1 is 1.69 bits per heavy atom. The minimum Gasteiger partial charge on any atom is -0.379 e. The number of hydrogen-bond acceptors (Lipinski definition) is 3. The SMILES string of the molecule is CCC(C)n1ccc(CC2(N)CCOC2)n1. The van der Waals surface area contributed by atoms with Gasteiger partial charge < -0.3 is 10.5 Å². The van der Waals surface area contributed by atoms with Crippen LogP contribution in [-0.4, -0.2) is 28.5 Å². The summed E-state index contributed by atoms with van der Waals surface area (Å²) in [6.45, 7) is 5.78. The second-order valence-electron chi connectivity index (χ2n) is 4.89. The lowest BCUT2D eigenvalue weighted by Gasteiger charge is -2.20. The van der Waals surface area contributed by atoms with Crippen LogP contribution >= 0.6 is 0 Å². The quantitative estimate of drug-likeness (QED) is 0.842. The molecule has 4 nitrogen and oxygen atoms in total. The zero-order valence-corrected chi connectivity index (χ0v) is 10.1. The van der Waals surface area contributed by atoms with E-state index in [1.165, 1.54) is 0 Å². The van der Waals surface area contributed by atoms with E-state index in [1.54, 1.807) is 0 Å². The number of hydrogen-bond donors (Lipinski definition) is 1. The Balaban J connectivity index is 2.02. The molecular formula is C12H21N3O. The molecule has 0 bridgehead atoms. The van der Waals surface area contributed by atoms with E-state index in [2.05, 4.69) is 25.0 Å². The summed E-state index contributed by atoms with van der Waals surface area (Å²) in [5.74, 6) is 0. The van der Waals surface area contributed by atoms with Gasteiger partial charge in [-0.05, 0) is 25.8 Å². The lowest BCUT2D eigenvalue weighted by Crippen LogP contribution is -2.42. The third-order valence-electron chi connectivity index (χ3n) is 3.37. The van der Waals surface area contributed by atoms with Crippen molar-refractivity contribution in [3.05, 3.63) is 18.0 Å². The Kier molecular flexibility index (Phi) is 3.30. The van der Waals surface area contributed by atoms with Crippen LogP contribution in [0.5, 0.6) is 0 Å². The first-order valence-corrected chi connectivity index (χ1v) is 6.03. The molecule has 2 unspecified atom stereocenters. The third kappa shape index (κ3) is 2.44. The summed E-state index contributed by atoms with van der Waals surface area (Å²) in [6, 6.07) is 2.53. The zero-order valence-electron chi connectivity index (χ0n) is 10.1. The van der Waals surface area contributed by atoms with Crippen molar-refractivity contribution in [1.29, 1.82) is 0 Å². The molecule has 0 aliphatic carbocycles. The predicted molar refractivity (Wildman–Crippen MR) is 63.3 cm³/mol. The molecule has 1 fully saturated rings. The fourth-order valence-electron chi connectivity index (χ4n) is 2.03. The van der Waals surface area contributed by atoms with Crippen LogP contribution in [0.3, 0.4) is 0 Å². The summed E-state index contributed by atoms with van der Waals surface area (Å²) in [5, 5.41) is 4.57. The average molecular weight is 223 g/mol. The highest BCUT2D eigenvalue weighted by molar-refractivity contribution is 5.07. The Morgan fingerprint density at radius 3 is 3.12 bits per heavy atom. The Labute approximate surface area is 96.8 Å². The summed E-state index contributed by atoms with van der Waals surface area (Å²) in [6.07, 6.45) is 4.89. The third-order valence-corrected chi connectivity index (χ3v) is 3.37. The summed E-state index contributed by atoms with van der Waals surface area (Å²) < 4.78 is 7.37. The van der Waals surface area contributed by atoms with Crippen LogP contribution < -0.4 is 5.73 Å². The highest BCUT2D eigenvalue weighted by Crippen LogP contribution is 2.20. The molecule has 1 aromatic heterocycles. The van der Waals surface area contributed by atoms with E-state index in [0.717, 1.165) is 31.6 Å². The van der Waals surface area contributed by atoms with Crippen LogP contribution in [-0.2, 0) is 11.2 Å². The molecule has 1 aliphatic rings. The van der Waals surface area contributed by atoms with Crippen molar-refractivity contribution in [2.75, 3.05) is 13.2 Å². The lowest BCUT2D eigenvalue weighted by molar-refractivity contribution is 0.177. The fraction of sp³-hybridized carbons (Fsp3) is 0.750. The van der Waals surface area contributed by atoms with Crippen LogP contribution in [0.1, 0.15) is 38.4 Å². The first kappa shape index (κ1) is 11.6. The average Bonchev–Trinajstić information content (AvgIpc) is 2.87. The topological polar surface area (TPSA) is 53.1 Å². The second kappa shape index (κ2) is 4.55. The number of rotatable bonds is 4. The number of aromatic nitrogens is 2. The van der Waals surface area contributed by atoms with Gasteiger partial charge in [0.2, 0.25) is 0 Å². The van der Waals surface area contributed by atoms with Crippen molar-refractivity contribution in [1.82, 2.24) is 9.78 Å². The van der Waals surface area contributed by atoms with Gasteiger partial charge in [0.15, 0.2) is 0 Å². The minimum absolute atomic E-state index is 0.200. The van der Waals surface area contributed by atoms with Gasteiger partial charge in [-0.25, -0.2) is 0 Å². The van der Waals surface area contributed by atoms with E-state index in [1.807, 2.05) is 10.9 Å². The number of ether oxygens (including phenoxy) is 1. The van der Waals surface area contributed by atoms with Crippen LogP contribution in [0.4, 0.5) is 0 Å². The monoisotopic (exact) mass is 223 g/mol. The van der Waals surface area contributed by atoms with Gasteiger partial charge in [0.05, 0.1) is 12.3 Å². The molecule has 16 heavy (non-hydrogen) atoms. The molecule has 0 saturated carbocycles. The maximum absolute atomic E-state index is 6.23. The normalized spacial score (nSPS) is 27.2. The first-order valence-electron chi connectivity index (χ1n) is 6.03. The minimum atomic E-state index is -0.200. The number of nitrogens with zero attached hydrogens (tertiary/aromatic N) is 2. The van der Waals surface area contributed by atoms with E-state index in [0.29, 0.717) is 12.6 Å². The molecule has 1 aromatic rings. The van der Waals surface area contributed by atoms with Crippen LogP contribution in [0, 0.1) is 0 Å². The van der Waals surface area contributed by atoms with Gasteiger partial charge in [0.1, 0.15) is 0 Å². The van der Waals surface area contributed by atoms with Gasteiger partial charge in [-0.1, -0.05) is 6.92 Å². The molecule has 0 aromatic carbocycles. The van der Waals surface area contributed by atoms with Crippen LogP contribution in [0.2, 0.25) is 0 Å². The molecule has 2 heterocycles.